The average Bonchev–Trinajstić information content (AvgIpc) is 2.39. The fourth-order valence-corrected chi connectivity index (χ4v) is 2.43. The van der Waals surface area contributed by atoms with Crippen molar-refractivity contribution in [3.8, 4) is 5.75 Å². The molecule has 0 aliphatic heterocycles. The Labute approximate surface area is 120 Å². The molecule has 1 heterocycles. The second kappa shape index (κ2) is 6.21. The summed E-state index contributed by atoms with van der Waals surface area (Å²) in [5.74, 6) is 0.792. The number of rotatable bonds is 4. The minimum Gasteiger partial charge on any atom is -0.496 e. The second-order valence-electron chi connectivity index (χ2n) is 3.88. The first kappa shape index (κ1) is 13.4. The van der Waals surface area contributed by atoms with Crippen molar-refractivity contribution in [1.82, 2.24) is 4.98 Å². The highest BCUT2D eigenvalue weighted by molar-refractivity contribution is 9.10. The highest BCUT2D eigenvalue weighted by Crippen LogP contribution is 2.33. The largest absolute Gasteiger partial charge is 0.496 e. The first-order valence-corrected chi connectivity index (χ1v) is 6.81. The summed E-state index contributed by atoms with van der Waals surface area (Å²) in [5.41, 5.74) is 1.95. The van der Waals surface area contributed by atoms with Crippen molar-refractivity contribution >= 4 is 27.5 Å². The zero-order chi connectivity index (χ0) is 13.0. The van der Waals surface area contributed by atoms with E-state index in [4.69, 9.17) is 16.3 Å². The fourth-order valence-electron chi connectivity index (χ4n) is 1.76. The van der Waals surface area contributed by atoms with Crippen LogP contribution < -0.4 is 4.74 Å². The lowest BCUT2D eigenvalue weighted by Crippen LogP contribution is -2.00. The molecule has 0 bridgehead atoms. The number of halogens is 2. The van der Waals surface area contributed by atoms with E-state index in [2.05, 4.69) is 20.9 Å². The predicted octanol–water partition coefficient (Wildman–Crippen LogP) is 4.38. The van der Waals surface area contributed by atoms with Gasteiger partial charge in [0, 0.05) is 28.3 Å². The Morgan fingerprint density at radius 1 is 1.33 bits per heavy atom. The Balaban J connectivity index is 2.21. The Hall–Kier alpha value is -1.06. The Morgan fingerprint density at radius 2 is 2.17 bits per heavy atom. The SMILES string of the molecule is COc1cc(Br)ccc1C(Cl)Cc1ccccn1. The minimum atomic E-state index is -0.150. The van der Waals surface area contributed by atoms with Gasteiger partial charge in [0.05, 0.1) is 12.5 Å². The van der Waals surface area contributed by atoms with Crippen LogP contribution in [0.1, 0.15) is 16.6 Å². The van der Waals surface area contributed by atoms with Gasteiger partial charge >= 0.3 is 0 Å². The lowest BCUT2D eigenvalue weighted by Gasteiger charge is -2.14. The van der Waals surface area contributed by atoms with Gasteiger partial charge in [-0.3, -0.25) is 4.98 Å². The number of benzene rings is 1. The molecule has 1 aromatic carbocycles. The van der Waals surface area contributed by atoms with Gasteiger partial charge in [-0.15, -0.1) is 11.6 Å². The molecule has 2 nitrogen and oxygen atoms in total. The van der Waals surface area contributed by atoms with Crippen molar-refractivity contribution in [3.05, 3.63) is 58.3 Å². The summed E-state index contributed by atoms with van der Waals surface area (Å²) in [6.07, 6.45) is 2.46. The van der Waals surface area contributed by atoms with Crippen LogP contribution >= 0.6 is 27.5 Å². The smallest absolute Gasteiger partial charge is 0.124 e. The maximum atomic E-state index is 6.44. The van der Waals surface area contributed by atoms with Crippen LogP contribution in [-0.2, 0) is 6.42 Å². The molecule has 2 rings (SSSR count). The van der Waals surface area contributed by atoms with Gasteiger partial charge in [-0.2, -0.15) is 0 Å². The van der Waals surface area contributed by atoms with Gasteiger partial charge in [-0.05, 0) is 24.3 Å². The first-order chi connectivity index (χ1) is 8.70. The summed E-state index contributed by atoms with van der Waals surface area (Å²) < 4.78 is 6.33. The summed E-state index contributed by atoms with van der Waals surface area (Å²) in [6, 6.07) is 11.7. The molecule has 0 spiro atoms. The van der Waals surface area contributed by atoms with Crippen LogP contribution in [0.5, 0.6) is 5.75 Å². The summed E-state index contributed by atoms with van der Waals surface area (Å²) in [7, 11) is 1.65. The number of alkyl halides is 1. The van der Waals surface area contributed by atoms with E-state index < -0.39 is 0 Å². The van der Waals surface area contributed by atoms with Crippen LogP contribution in [-0.4, -0.2) is 12.1 Å². The molecule has 0 N–H and O–H groups in total. The van der Waals surface area contributed by atoms with Crippen molar-refractivity contribution in [1.29, 1.82) is 0 Å². The molecule has 1 unspecified atom stereocenters. The van der Waals surface area contributed by atoms with Crippen LogP contribution in [0.3, 0.4) is 0 Å². The number of ether oxygens (including phenoxy) is 1. The third kappa shape index (κ3) is 3.24. The zero-order valence-corrected chi connectivity index (χ0v) is 12.3. The van der Waals surface area contributed by atoms with Gasteiger partial charge in [0.15, 0.2) is 0 Å². The summed E-state index contributed by atoms with van der Waals surface area (Å²) in [4.78, 5) is 4.28. The Morgan fingerprint density at radius 3 is 2.83 bits per heavy atom. The van der Waals surface area contributed by atoms with E-state index in [0.29, 0.717) is 6.42 Å². The van der Waals surface area contributed by atoms with Crippen LogP contribution in [0, 0.1) is 0 Å². The average molecular weight is 327 g/mol. The second-order valence-corrected chi connectivity index (χ2v) is 5.32. The summed E-state index contributed by atoms with van der Waals surface area (Å²) in [5, 5.41) is -0.150. The van der Waals surface area contributed by atoms with E-state index in [9.17, 15) is 0 Å². The minimum absolute atomic E-state index is 0.150. The molecule has 2 aromatic rings. The molecule has 0 aliphatic carbocycles. The summed E-state index contributed by atoms with van der Waals surface area (Å²) in [6.45, 7) is 0. The van der Waals surface area contributed by atoms with Gasteiger partial charge < -0.3 is 4.74 Å². The molecular weight excluding hydrogens is 314 g/mol. The van der Waals surface area contributed by atoms with Crippen molar-refractivity contribution < 1.29 is 4.74 Å². The van der Waals surface area contributed by atoms with Crippen molar-refractivity contribution in [2.75, 3.05) is 7.11 Å². The zero-order valence-electron chi connectivity index (χ0n) is 9.94. The number of hydrogen-bond acceptors (Lipinski definition) is 2. The fraction of sp³-hybridized carbons (Fsp3) is 0.214. The molecule has 94 valence electrons. The molecule has 18 heavy (non-hydrogen) atoms. The molecule has 4 heteroatoms. The van der Waals surface area contributed by atoms with Crippen molar-refractivity contribution in [3.63, 3.8) is 0 Å². The molecule has 1 aromatic heterocycles. The molecule has 1 atom stereocenters. The molecular formula is C14H13BrClNO. The Bertz CT molecular complexity index is 518. The molecule has 0 aliphatic rings. The third-order valence-corrected chi connectivity index (χ3v) is 3.53. The number of nitrogens with zero attached hydrogens (tertiary/aromatic N) is 1. The van der Waals surface area contributed by atoms with E-state index in [0.717, 1.165) is 21.5 Å². The monoisotopic (exact) mass is 325 g/mol. The number of pyridine rings is 1. The lowest BCUT2D eigenvalue weighted by atomic mass is 10.1. The lowest BCUT2D eigenvalue weighted by molar-refractivity contribution is 0.408. The van der Waals surface area contributed by atoms with Gasteiger partial charge in [0.1, 0.15) is 5.75 Å². The molecule has 0 saturated heterocycles. The van der Waals surface area contributed by atoms with E-state index in [1.165, 1.54) is 0 Å². The van der Waals surface area contributed by atoms with Crippen LogP contribution in [0.25, 0.3) is 0 Å². The van der Waals surface area contributed by atoms with E-state index in [-0.39, 0.29) is 5.38 Å². The number of methoxy groups -OCH3 is 1. The van der Waals surface area contributed by atoms with Crippen LogP contribution in [0.15, 0.2) is 47.1 Å². The highest BCUT2D eigenvalue weighted by atomic mass is 79.9. The van der Waals surface area contributed by atoms with Gasteiger partial charge in [-0.1, -0.05) is 28.1 Å². The normalized spacial score (nSPS) is 12.2. The topological polar surface area (TPSA) is 22.1 Å². The van der Waals surface area contributed by atoms with Crippen molar-refractivity contribution in [2.45, 2.75) is 11.8 Å². The highest BCUT2D eigenvalue weighted by Gasteiger charge is 2.14. The third-order valence-electron chi connectivity index (χ3n) is 2.65. The predicted molar refractivity (Wildman–Crippen MR) is 77.2 cm³/mol. The molecule has 0 saturated carbocycles. The molecule has 0 amide bonds. The quantitative estimate of drug-likeness (QED) is 0.778. The van der Waals surface area contributed by atoms with E-state index >= 15 is 0 Å². The first-order valence-electron chi connectivity index (χ1n) is 5.58. The maximum absolute atomic E-state index is 6.44. The van der Waals surface area contributed by atoms with Crippen LogP contribution in [0.4, 0.5) is 0 Å². The van der Waals surface area contributed by atoms with Gasteiger partial charge in [0.25, 0.3) is 0 Å². The van der Waals surface area contributed by atoms with E-state index in [1.807, 2.05) is 36.4 Å². The van der Waals surface area contributed by atoms with E-state index in [1.54, 1.807) is 13.3 Å². The molecule has 0 radical (unpaired) electrons. The summed E-state index contributed by atoms with van der Waals surface area (Å²) >= 11 is 9.86. The van der Waals surface area contributed by atoms with Crippen LogP contribution in [0.2, 0.25) is 0 Å². The van der Waals surface area contributed by atoms with Gasteiger partial charge in [0.2, 0.25) is 0 Å². The molecule has 0 fully saturated rings. The van der Waals surface area contributed by atoms with Crippen molar-refractivity contribution in [2.24, 2.45) is 0 Å². The van der Waals surface area contributed by atoms with Gasteiger partial charge in [-0.25, -0.2) is 0 Å². The number of hydrogen-bond donors (Lipinski definition) is 0. The standard InChI is InChI=1S/C14H13BrClNO/c1-18-14-8-10(15)5-6-12(14)13(16)9-11-4-2-3-7-17-11/h2-8,13H,9H2,1H3. The Kier molecular flexibility index (Phi) is 4.61. The maximum Gasteiger partial charge on any atom is 0.124 e. The number of aromatic nitrogens is 1.